The maximum atomic E-state index is 12.2. The number of alkyl carbamates (subject to hydrolysis) is 1. The SMILES string of the molecule is O=C(CNC(=O)OCC1c2ccccc2-c2ccccc21)N[C@@H](Cc1ccc([N+](=O)[O-])cc1)C(=O)O. The highest BCUT2D eigenvalue weighted by atomic mass is 16.6. The first-order chi connectivity index (χ1) is 17.3. The van der Waals surface area contributed by atoms with E-state index >= 15 is 0 Å². The topological polar surface area (TPSA) is 148 Å². The number of benzene rings is 3. The number of carboxylic acid groups (broad SMARTS) is 1. The number of nitro groups is 1. The molecular weight excluding hydrogens is 466 g/mol. The highest BCUT2D eigenvalue weighted by Crippen LogP contribution is 2.44. The van der Waals surface area contributed by atoms with Gasteiger partial charge >= 0.3 is 12.1 Å². The third kappa shape index (κ3) is 5.49. The van der Waals surface area contributed by atoms with E-state index in [4.69, 9.17) is 4.74 Å². The van der Waals surface area contributed by atoms with Gasteiger partial charge in [-0.05, 0) is 27.8 Å². The van der Waals surface area contributed by atoms with Gasteiger partial charge in [0.1, 0.15) is 19.2 Å². The second kappa shape index (κ2) is 10.7. The van der Waals surface area contributed by atoms with Gasteiger partial charge in [-0.2, -0.15) is 0 Å². The third-order valence-corrected chi connectivity index (χ3v) is 5.96. The highest BCUT2D eigenvalue weighted by Gasteiger charge is 2.29. The molecule has 1 aliphatic rings. The normalized spacial score (nSPS) is 12.7. The van der Waals surface area contributed by atoms with Gasteiger partial charge in [0.05, 0.1) is 4.92 Å². The van der Waals surface area contributed by atoms with Crippen molar-refractivity contribution >= 4 is 23.7 Å². The first kappa shape index (κ1) is 24.4. The molecule has 0 saturated heterocycles. The van der Waals surface area contributed by atoms with E-state index < -0.39 is 35.5 Å². The molecule has 3 aromatic carbocycles. The van der Waals surface area contributed by atoms with Crippen molar-refractivity contribution < 1.29 is 29.2 Å². The van der Waals surface area contributed by atoms with E-state index in [9.17, 15) is 29.6 Å². The van der Waals surface area contributed by atoms with Gasteiger partial charge in [0, 0.05) is 24.5 Å². The number of aliphatic carboxylic acids is 1. The fourth-order valence-electron chi connectivity index (χ4n) is 4.24. The van der Waals surface area contributed by atoms with Gasteiger partial charge in [0.15, 0.2) is 0 Å². The summed E-state index contributed by atoms with van der Waals surface area (Å²) in [5.41, 5.74) is 4.67. The number of amides is 2. The van der Waals surface area contributed by atoms with Gasteiger partial charge < -0.3 is 20.5 Å². The Bertz CT molecular complexity index is 1260. The molecule has 0 radical (unpaired) electrons. The third-order valence-electron chi connectivity index (χ3n) is 5.96. The summed E-state index contributed by atoms with van der Waals surface area (Å²) in [7, 11) is 0. The highest BCUT2D eigenvalue weighted by molar-refractivity contribution is 5.87. The van der Waals surface area contributed by atoms with Crippen molar-refractivity contribution in [2.24, 2.45) is 0 Å². The van der Waals surface area contributed by atoms with Crippen LogP contribution in [0.3, 0.4) is 0 Å². The van der Waals surface area contributed by atoms with Gasteiger partial charge in [-0.1, -0.05) is 60.7 Å². The van der Waals surface area contributed by atoms with Crippen LogP contribution >= 0.6 is 0 Å². The molecule has 184 valence electrons. The van der Waals surface area contributed by atoms with E-state index in [0.29, 0.717) is 5.56 Å². The Kier molecular flexibility index (Phi) is 7.24. The molecule has 10 heteroatoms. The van der Waals surface area contributed by atoms with Crippen LogP contribution in [-0.4, -0.2) is 47.2 Å². The smallest absolute Gasteiger partial charge is 0.407 e. The van der Waals surface area contributed by atoms with Crippen LogP contribution in [0, 0.1) is 10.1 Å². The molecule has 0 unspecified atom stereocenters. The minimum atomic E-state index is -1.28. The van der Waals surface area contributed by atoms with E-state index in [1.807, 2.05) is 48.5 Å². The fourth-order valence-corrected chi connectivity index (χ4v) is 4.24. The molecule has 2 amide bonds. The molecule has 10 nitrogen and oxygen atoms in total. The van der Waals surface area contributed by atoms with E-state index in [-0.39, 0.29) is 24.6 Å². The zero-order valence-electron chi connectivity index (χ0n) is 19.0. The first-order valence-electron chi connectivity index (χ1n) is 11.2. The molecule has 36 heavy (non-hydrogen) atoms. The second-order valence-electron chi connectivity index (χ2n) is 8.27. The lowest BCUT2D eigenvalue weighted by atomic mass is 9.98. The average Bonchev–Trinajstić information content (AvgIpc) is 3.19. The van der Waals surface area contributed by atoms with Crippen LogP contribution in [-0.2, 0) is 20.7 Å². The van der Waals surface area contributed by atoms with Crippen molar-refractivity contribution in [3.8, 4) is 11.1 Å². The van der Waals surface area contributed by atoms with E-state index in [1.165, 1.54) is 24.3 Å². The molecule has 0 fully saturated rings. The minimum absolute atomic E-state index is 0.0794. The number of ether oxygens (including phenoxy) is 1. The molecule has 3 N–H and O–H groups in total. The predicted octanol–water partition coefficient (Wildman–Crippen LogP) is 3.25. The quantitative estimate of drug-likeness (QED) is 0.309. The molecule has 0 aromatic heterocycles. The summed E-state index contributed by atoms with van der Waals surface area (Å²) < 4.78 is 5.37. The summed E-state index contributed by atoms with van der Waals surface area (Å²) in [6, 6.07) is 19.9. The Balaban J connectivity index is 1.28. The van der Waals surface area contributed by atoms with Crippen LogP contribution in [0.25, 0.3) is 11.1 Å². The molecule has 0 spiro atoms. The van der Waals surface area contributed by atoms with Crippen LogP contribution in [0.5, 0.6) is 0 Å². The van der Waals surface area contributed by atoms with Crippen LogP contribution in [0.2, 0.25) is 0 Å². The Hall–Kier alpha value is -4.73. The van der Waals surface area contributed by atoms with E-state index in [0.717, 1.165) is 22.3 Å². The predicted molar refractivity (Wildman–Crippen MR) is 129 cm³/mol. The zero-order chi connectivity index (χ0) is 25.7. The molecule has 0 saturated carbocycles. The van der Waals surface area contributed by atoms with Gasteiger partial charge in [-0.3, -0.25) is 14.9 Å². The lowest BCUT2D eigenvalue weighted by Crippen LogP contribution is -2.46. The Labute approximate surface area is 206 Å². The molecule has 1 aliphatic carbocycles. The minimum Gasteiger partial charge on any atom is -0.480 e. The number of fused-ring (bicyclic) bond motifs is 3. The lowest BCUT2D eigenvalue weighted by Gasteiger charge is -2.16. The first-order valence-corrected chi connectivity index (χ1v) is 11.2. The molecule has 4 rings (SSSR count). The number of carbonyl (C=O) groups is 3. The number of carbonyl (C=O) groups excluding carboxylic acids is 2. The Morgan fingerprint density at radius 3 is 2.08 bits per heavy atom. The molecule has 3 aromatic rings. The zero-order valence-corrected chi connectivity index (χ0v) is 19.0. The van der Waals surface area contributed by atoms with Crippen LogP contribution < -0.4 is 10.6 Å². The van der Waals surface area contributed by atoms with Gasteiger partial charge in [-0.15, -0.1) is 0 Å². The number of nitro benzene ring substituents is 1. The standard InChI is InChI=1S/C26H23N3O7/c30-24(28-23(25(31)32)13-16-9-11-17(12-10-16)29(34)35)14-27-26(33)36-15-22-20-7-3-1-5-18(20)19-6-2-4-8-21(19)22/h1-12,22-23H,13-15H2,(H,27,33)(H,28,30)(H,31,32)/t23-/m0/s1. The molecule has 0 aliphatic heterocycles. The van der Waals surface area contributed by atoms with Gasteiger partial charge in [-0.25, -0.2) is 9.59 Å². The number of carboxylic acids is 1. The number of nitrogens with zero attached hydrogens (tertiary/aromatic N) is 1. The monoisotopic (exact) mass is 489 g/mol. The van der Waals surface area contributed by atoms with Crippen molar-refractivity contribution in [3.63, 3.8) is 0 Å². The maximum absolute atomic E-state index is 12.2. The van der Waals surface area contributed by atoms with Crippen LogP contribution in [0.15, 0.2) is 72.8 Å². The summed E-state index contributed by atoms with van der Waals surface area (Å²) in [6.07, 6.45) is -0.876. The molecule has 0 heterocycles. The second-order valence-corrected chi connectivity index (χ2v) is 8.27. The van der Waals surface area contributed by atoms with Crippen molar-refractivity contribution in [2.45, 2.75) is 18.4 Å². The van der Waals surface area contributed by atoms with Crippen LogP contribution in [0.4, 0.5) is 10.5 Å². The van der Waals surface area contributed by atoms with Crippen molar-refractivity contribution in [2.75, 3.05) is 13.2 Å². The van der Waals surface area contributed by atoms with Crippen molar-refractivity contribution in [1.29, 1.82) is 0 Å². The fraction of sp³-hybridized carbons (Fsp3) is 0.192. The molecule has 0 bridgehead atoms. The summed E-state index contributed by atoms with van der Waals surface area (Å²) in [6.45, 7) is -0.389. The summed E-state index contributed by atoms with van der Waals surface area (Å²) in [5, 5.41) is 24.9. The summed E-state index contributed by atoms with van der Waals surface area (Å²) in [5.74, 6) is -2.12. The average molecular weight is 489 g/mol. The number of hydrogen-bond acceptors (Lipinski definition) is 6. The number of nitrogens with one attached hydrogen (secondary N) is 2. The Morgan fingerprint density at radius 2 is 1.53 bits per heavy atom. The van der Waals surface area contributed by atoms with Crippen LogP contribution in [0.1, 0.15) is 22.6 Å². The number of hydrogen-bond donors (Lipinski definition) is 3. The Morgan fingerprint density at radius 1 is 0.944 bits per heavy atom. The molecule has 1 atom stereocenters. The van der Waals surface area contributed by atoms with Gasteiger partial charge in [0.2, 0.25) is 5.91 Å². The number of non-ortho nitro benzene ring substituents is 1. The van der Waals surface area contributed by atoms with Gasteiger partial charge in [0.25, 0.3) is 5.69 Å². The summed E-state index contributed by atoms with van der Waals surface area (Å²) in [4.78, 5) is 46.3. The molecular formula is C26H23N3O7. The number of rotatable bonds is 9. The summed E-state index contributed by atoms with van der Waals surface area (Å²) >= 11 is 0. The van der Waals surface area contributed by atoms with E-state index in [1.54, 1.807) is 0 Å². The van der Waals surface area contributed by atoms with Crippen molar-refractivity contribution in [3.05, 3.63) is 99.6 Å². The largest absolute Gasteiger partial charge is 0.480 e. The maximum Gasteiger partial charge on any atom is 0.407 e. The van der Waals surface area contributed by atoms with E-state index in [2.05, 4.69) is 10.6 Å². The van der Waals surface area contributed by atoms with Crippen molar-refractivity contribution in [1.82, 2.24) is 10.6 Å². The lowest BCUT2D eigenvalue weighted by molar-refractivity contribution is -0.384.